The van der Waals surface area contributed by atoms with Gasteiger partial charge in [0.05, 0.1) is 15.7 Å². The molecule has 0 amide bonds. The summed E-state index contributed by atoms with van der Waals surface area (Å²) in [4.78, 5) is 1.54. The largest absolute Gasteiger partial charge is 0.460 e. The van der Waals surface area contributed by atoms with E-state index in [0.717, 1.165) is 25.2 Å². The molecule has 0 fully saturated rings. The van der Waals surface area contributed by atoms with Crippen LogP contribution in [0.4, 0.5) is 0 Å². The molecule has 3 aromatic rings. The van der Waals surface area contributed by atoms with E-state index in [1.165, 1.54) is 0 Å². The molecule has 0 saturated heterocycles. The first kappa shape index (κ1) is 12.6. The summed E-state index contributed by atoms with van der Waals surface area (Å²) in [7, 11) is -1.22. The maximum atomic E-state index is 12.7. The molecular formula is C15H11BrO2S. The van der Waals surface area contributed by atoms with Crippen molar-refractivity contribution in [1.82, 2.24) is 0 Å². The highest BCUT2D eigenvalue weighted by molar-refractivity contribution is 9.10. The quantitative estimate of drug-likeness (QED) is 0.681. The second kappa shape index (κ2) is 4.94. The molecule has 0 N–H and O–H groups in total. The number of halogens is 1. The minimum atomic E-state index is -1.22. The Kier molecular flexibility index (Phi) is 3.29. The van der Waals surface area contributed by atoms with E-state index >= 15 is 0 Å². The van der Waals surface area contributed by atoms with Gasteiger partial charge in [0.15, 0.2) is 0 Å². The smallest absolute Gasteiger partial charge is 0.135 e. The molecule has 2 nitrogen and oxygen atoms in total. The fraction of sp³-hybridized carbons (Fsp3) is 0.0667. The number of benzene rings is 2. The molecule has 3 rings (SSSR count). The lowest BCUT2D eigenvalue weighted by atomic mass is 10.2. The first-order chi connectivity index (χ1) is 9.16. The number of rotatable bonds is 2. The van der Waals surface area contributed by atoms with Crippen LogP contribution in [0.25, 0.3) is 11.0 Å². The number of fused-ring (bicyclic) bond motifs is 1. The molecule has 2 aromatic carbocycles. The molecule has 96 valence electrons. The molecule has 0 aliphatic heterocycles. The van der Waals surface area contributed by atoms with E-state index in [4.69, 9.17) is 4.42 Å². The van der Waals surface area contributed by atoms with Crippen LogP contribution in [-0.2, 0) is 10.8 Å². The van der Waals surface area contributed by atoms with E-state index in [2.05, 4.69) is 15.9 Å². The fourth-order valence-electron chi connectivity index (χ4n) is 2.06. The van der Waals surface area contributed by atoms with Crippen molar-refractivity contribution in [3.8, 4) is 0 Å². The molecule has 0 aliphatic carbocycles. The molecule has 19 heavy (non-hydrogen) atoms. The lowest BCUT2D eigenvalue weighted by Gasteiger charge is -2.01. The zero-order chi connectivity index (χ0) is 13.4. The molecule has 0 radical (unpaired) electrons. The van der Waals surface area contributed by atoms with Crippen LogP contribution in [0, 0.1) is 6.92 Å². The van der Waals surface area contributed by atoms with Crippen molar-refractivity contribution < 1.29 is 8.63 Å². The lowest BCUT2D eigenvalue weighted by molar-refractivity contribution is 0.566. The summed E-state index contributed by atoms with van der Waals surface area (Å²) in [5.41, 5.74) is 0.764. The summed E-state index contributed by atoms with van der Waals surface area (Å²) in [6.45, 7) is 1.85. The Morgan fingerprint density at radius 3 is 2.58 bits per heavy atom. The average Bonchev–Trinajstić information content (AvgIpc) is 2.74. The zero-order valence-corrected chi connectivity index (χ0v) is 12.6. The number of hydrogen-bond donors (Lipinski definition) is 0. The topological polar surface area (TPSA) is 30.2 Å². The Bertz CT molecular complexity index is 762. The number of aryl methyl sites for hydroxylation is 1. The molecule has 4 heteroatoms. The third-order valence-electron chi connectivity index (χ3n) is 2.91. The summed E-state index contributed by atoms with van der Waals surface area (Å²) in [6.07, 6.45) is 0. The Labute approximate surface area is 122 Å². The second-order valence-corrected chi connectivity index (χ2v) is 6.54. The van der Waals surface area contributed by atoms with Gasteiger partial charge in [0.1, 0.15) is 11.3 Å². The van der Waals surface area contributed by atoms with Crippen molar-refractivity contribution in [2.24, 2.45) is 0 Å². The minimum Gasteiger partial charge on any atom is -0.460 e. The fourth-order valence-corrected chi connectivity index (χ4v) is 3.73. The predicted molar refractivity (Wildman–Crippen MR) is 79.8 cm³/mol. The molecular weight excluding hydrogens is 324 g/mol. The van der Waals surface area contributed by atoms with Gasteiger partial charge in [-0.2, -0.15) is 0 Å². The van der Waals surface area contributed by atoms with Gasteiger partial charge in [-0.25, -0.2) is 4.21 Å². The van der Waals surface area contributed by atoms with E-state index in [1.54, 1.807) is 0 Å². The average molecular weight is 335 g/mol. The van der Waals surface area contributed by atoms with Gasteiger partial charge in [0.2, 0.25) is 0 Å². The van der Waals surface area contributed by atoms with E-state index in [9.17, 15) is 4.21 Å². The maximum absolute atomic E-state index is 12.7. The van der Waals surface area contributed by atoms with Gasteiger partial charge < -0.3 is 4.42 Å². The molecule has 0 saturated carbocycles. The molecule has 1 atom stereocenters. The van der Waals surface area contributed by atoms with Gasteiger partial charge in [-0.1, -0.05) is 34.1 Å². The summed E-state index contributed by atoms with van der Waals surface area (Å²) >= 11 is 3.44. The second-order valence-electron chi connectivity index (χ2n) is 4.21. The van der Waals surface area contributed by atoms with Gasteiger partial charge in [0.25, 0.3) is 0 Å². The highest BCUT2D eigenvalue weighted by Crippen LogP contribution is 2.32. The van der Waals surface area contributed by atoms with E-state index in [0.29, 0.717) is 5.76 Å². The predicted octanol–water partition coefficient (Wildman–Crippen LogP) is 4.67. The maximum Gasteiger partial charge on any atom is 0.135 e. The van der Waals surface area contributed by atoms with Crippen molar-refractivity contribution >= 4 is 37.7 Å². The van der Waals surface area contributed by atoms with Crippen LogP contribution < -0.4 is 0 Å². The monoisotopic (exact) mass is 334 g/mol. The Morgan fingerprint density at radius 1 is 1.11 bits per heavy atom. The molecule has 0 bridgehead atoms. The third-order valence-corrected chi connectivity index (χ3v) is 4.98. The van der Waals surface area contributed by atoms with Crippen molar-refractivity contribution in [2.75, 3.05) is 0 Å². The van der Waals surface area contributed by atoms with Gasteiger partial charge in [-0.15, -0.1) is 0 Å². The van der Waals surface area contributed by atoms with Crippen LogP contribution in [0.2, 0.25) is 0 Å². The van der Waals surface area contributed by atoms with Crippen LogP contribution in [-0.4, -0.2) is 4.21 Å². The highest BCUT2D eigenvalue weighted by Gasteiger charge is 2.18. The van der Waals surface area contributed by atoms with Crippen molar-refractivity contribution in [2.45, 2.75) is 16.7 Å². The van der Waals surface area contributed by atoms with Gasteiger partial charge >= 0.3 is 0 Å². The van der Waals surface area contributed by atoms with Crippen LogP contribution in [0.5, 0.6) is 0 Å². The van der Waals surface area contributed by atoms with Crippen molar-refractivity contribution in [3.63, 3.8) is 0 Å². The number of furan rings is 1. The standard InChI is InChI=1S/C15H11BrO2S/c1-10-15(19(17)12-5-3-2-4-6-12)13-9-11(16)7-8-14(13)18-10/h2-9H,1H3. The van der Waals surface area contributed by atoms with Gasteiger partial charge in [-0.3, -0.25) is 0 Å². The normalized spacial score (nSPS) is 12.7. The third kappa shape index (κ3) is 2.26. The Morgan fingerprint density at radius 2 is 1.84 bits per heavy atom. The SMILES string of the molecule is Cc1oc2ccc(Br)cc2c1S(=O)c1ccccc1. The summed E-state index contributed by atoms with van der Waals surface area (Å²) < 4.78 is 19.3. The summed E-state index contributed by atoms with van der Waals surface area (Å²) in [5, 5.41) is 0.897. The van der Waals surface area contributed by atoms with Gasteiger partial charge in [-0.05, 0) is 37.3 Å². The molecule has 1 unspecified atom stereocenters. The van der Waals surface area contributed by atoms with Crippen LogP contribution in [0.1, 0.15) is 5.76 Å². The Hall–Kier alpha value is -1.39. The van der Waals surface area contributed by atoms with Crippen LogP contribution in [0.15, 0.2) is 67.2 Å². The lowest BCUT2D eigenvalue weighted by Crippen LogP contribution is -1.93. The molecule has 1 aromatic heterocycles. The van der Waals surface area contributed by atoms with E-state index in [1.807, 2.05) is 55.5 Å². The van der Waals surface area contributed by atoms with Crippen LogP contribution >= 0.6 is 15.9 Å². The van der Waals surface area contributed by atoms with Crippen molar-refractivity contribution in [3.05, 3.63) is 58.8 Å². The Balaban J connectivity index is 2.22. The minimum absolute atomic E-state index is 0.704. The molecule has 1 heterocycles. The van der Waals surface area contributed by atoms with E-state index in [-0.39, 0.29) is 0 Å². The molecule has 0 spiro atoms. The zero-order valence-electron chi connectivity index (χ0n) is 10.2. The summed E-state index contributed by atoms with van der Waals surface area (Å²) in [5.74, 6) is 0.704. The molecule has 0 aliphatic rings. The van der Waals surface area contributed by atoms with Crippen molar-refractivity contribution in [1.29, 1.82) is 0 Å². The van der Waals surface area contributed by atoms with E-state index < -0.39 is 10.8 Å². The van der Waals surface area contributed by atoms with Crippen LogP contribution in [0.3, 0.4) is 0 Å². The highest BCUT2D eigenvalue weighted by atomic mass is 79.9. The number of hydrogen-bond acceptors (Lipinski definition) is 2. The first-order valence-corrected chi connectivity index (χ1v) is 7.76. The first-order valence-electron chi connectivity index (χ1n) is 5.82. The summed E-state index contributed by atoms with van der Waals surface area (Å²) in [6, 6.07) is 15.2. The van der Waals surface area contributed by atoms with Gasteiger partial charge in [0, 0.05) is 14.8 Å².